The summed E-state index contributed by atoms with van der Waals surface area (Å²) >= 11 is 0. The van der Waals surface area contributed by atoms with Gasteiger partial charge in [0.05, 0.1) is 11.0 Å². The van der Waals surface area contributed by atoms with Gasteiger partial charge in [-0.2, -0.15) is 0 Å². The summed E-state index contributed by atoms with van der Waals surface area (Å²) in [4.78, 5) is 21.3. The SMILES string of the molecule is CC(Nc1nc2ccc(F)cc2[nH]1)C(=O)N1CCCC1. The van der Waals surface area contributed by atoms with E-state index in [0.717, 1.165) is 25.9 Å². The van der Waals surface area contributed by atoms with Crippen molar-refractivity contribution in [3.05, 3.63) is 24.0 Å². The van der Waals surface area contributed by atoms with E-state index in [-0.39, 0.29) is 17.8 Å². The lowest BCUT2D eigenvalue weighted by Gasteiger charge is -2.20. The molecule has 0 spiro atoms. The first-order valence-electron chi connectivity index (χ1n) is 6.84. The number of nitrogens with one attached hydrogen (secondary N) is 2. The van der Waals surface area contributed by atoms with E-state index >= 15 is 0 Å². The van der Waals surface area contributed by atoms with Crippen LogP contribution in [0.15, 0.2) is 18.2 Å². The molecule has 0 bridgehead atoms. The van der Waals surface area contributed by atoms with Crippen LogP contribution in [0.25, 0.3) is 11.0 Å². The van der Waals surface area contributed by atoms with E-state index in [9.17, 15) is 9.18 Å². The Morgan fingerprint density at radius 1 is 1.45 bits per heavy atom. The van der Waals surface area contributed by atoms with Gasteiger partial charge >= 0.3 is 0 Å². The molecule has 6 heteroatoms. The van der Waals surface area contributed by atoms with Crippen LogP contribution in [0.4, 0.5) is 10.3 Å². The number of amides is 1. The largest absolute Gasteiger partial charge is 0.344 e. The monoisotopic (exact) mass is 276 g/mol. The van der Waals surface area contributed by atoms with Crippen molar-refractivity contribution >= 4 is 22.9 Å². The van der Waals surface area contributed by atoms with Crippen molar-refractivity contribution in [2.75, 3.05) is 18.4 Å². The lowest BCUT2D eigenvalue weighted by Crippen LogP contribution is -2.39. The molecule has 1 fully saturated rings. The fourth-order valence-corrected chi connectivity index (χ4v) is 2.53. The molecule has 1 saturated heterocycles. The zero-order chi connectivity index (χ0) is 14.1. The number of carbonyl (C=O) groups is 1. The Labute approximate surface area is 116 Å². The molecule has 106 valence electrons. The fourth-order valence-electron chi connectivity index (χ4n) is 2.53. The van der Waals surface area contributed by atoms with E-state index < -0.39 is 0 Å². The minimum Gasteiger partial charge on any atom is -0.344 e. The van der Waals surface area contributed by atoms with Crippen molar-refractivity contribution in [1.29, 1.82) is 0 Å². The van der Waals surface area contributed by atoms with Gasteiger partial charge in [0.2, 0.25) is 11.9 Å². The highest BCUT2D eigenvalue weighted by molar-refractivity contribution is 5.85. The predicted molar refractivity (Wildman–Crippen MR) is 75.0 cm³/mol. The number of aromatic nitrogens is 2. The Kier molecular flexibility index (Phi) is 3.30. The number of aromatic amines is 1. The van der Waals surface area contributed by atoms with Crippen LogP contribution in [-0.2, 0) is 4.79 Å². The average molecular weight is 276 g/mol. The number of anilines is 1. The Morgan fingerprint density at radius 3 is 2.95 bits per heavy atom. The van der Waals surface area contributed by atoms with E-state index in [2.05, 4.69) is 15.3 Å². The van der Waals surface area contributed by atoms with Crippen LogP contribution in [0.2, 0.25) is 0 Å². The zero-order valence-electron chi connectivity index (χ0n) is 11.3. The standard InChI is InChI=1S/C14H17FN4O/c1-9(13(20)19-6-2-3-7-19)16-14-17-11-5-4-10(15)8-12(11)18-14/h4-5,8-9H,2-3,6-7H2,1H3,(H2,16,17,18). The summed E-state index contributed by atoms with van der Waals surface area (Å²) < 4.78 is 13.1. The second-order valence-electron chi connectivity index (χ2n) is 5.15. The average Bonchev–Trinajstić information content (AvgIpc) is 3.05. The molecule has 0 saturated carbocycles. The van der Waals surface area contributed by atoms with E-state index in [1.165, 1.54) is 12.1 Å². The highest BCUT2D eigenvalue weighted by Gasteiger charge is 2.23. The number of carbonyl (C=O) groups excluding carboxylic acids is 1. The molecule has 1 aromatic heterocycles. The first kappa shape index (κ1) is 12.9. The minimum absolute atomic E-state index is 0.0779. The minimum atomic E-state index is -0.349. The molecular weight excluding hydrogens is 259 g/mol. The number of halogens is 1. The van der Waals surface area contributed by atoms with E-state index in [1.54, 1.807) is 6.07 Å². The summed E-state index contributed by atoms with van der Waals surface area (Å²) in [6.07, 6.45) is 2.14. The molecule has 2 aromatic rings. The summed E-state index contributed by atoms with van der Waals surface area (Å²) in [5.41, 5.74) is 1.29. The zero-order valence-corrected chi connectivity index (χ0v) is 11.3. The molecular formula is C14H17FN4O. The van der Waals surface area contributed by atoms with Gasteiger partial charge in [0, 0.05) is 13.1 Å². The summed E-state index contributed by atoms with van der Waals surface area (Å²) in [6, 6.07) is 4.02. The van der Waals surface area contributed by atoms with Gasteiger partial charge in [0.1, 0.15) is 11.9 Å². The molecule has 1 aliphatic heterocycles. The lowest BCUT2D eigenvalue weighted by atomic mass is 10.3. The van der Waals surface area contributed by atoms with Crippen LogP contribution >= 0.6 is 0 Å². The van der Waals surface area contributed by atoms with Gasteiger partial charge in [0.15, 0.2) is 0 Å². The van der Waals surface area contributed by atoms with Crippen LogP contribution in [0.5, 0.6) is 0 Å². The Balaban J connectivity index is 1.73. The quantitative estimate of drug-likeness (QED) is 0.902. The van der Waals surface area contributed by atoms with Crippen LogP contribution < -0.4 is 5.32 Å². The number of rotatable bonds is 3. The highest BCUT2D eigenvalue weighted by Crippen LogP contribution is 2.17. The Hall–Kier alpha value is -2.11. The van der Waals surface area contributed by atoms with Crippen molar-refractivity contribution in [1.82, 2.24) is 14.9 Å². The van der Waals surface area contributed by atoms with Crippen LogP contribution in [0, 0.1) is 5.82 Å². The molecule has 1 aromatic carbocycles. The lowest BCUT2D eigenvalue weighted by molar-refractivity contribution is -0.130. The molecule has 1 amide bonds. The predicted octanol–water partition coefficient (Wildman–Crippen LogP) is 2.12. The van der Waals surface area contributed by atoms with Crippen molar-refractivity contribution < 1.29 is 9.18 Å². The van der Waals surface area contributed by atoms with Gasteiger partial charge in [0.25, 0.3) is 0 Å². The van der Waals surface area contributed by atoms with Gasteiger partial charge in [-0.1, -0.05) is 0 Å². The van der Waals surface area contributed by atoms with Gasteiger partial charge in [-0.05, 0) is 38.0 Å². The molecule has 0 radical (unpaired) electrons. The number of hydrogen-bond donors (Lipinski definition) is 2. The number of H-pyrrole nitrogens is 1. The number of hydrogen-bond acceptors (Lipinski definition) is 3. The highest BCUT2D eigenvalue weighted by atomic mass is 19.1. The third-order valence-electron chi connectivity index (χ3n) is 3.59. The van der Waals surface area contributed by atoms with Gasteiger partial charge in [-0.15, -0.1) is 0 Å². The smallest absolute Gasteiger partial charge is 0.244 e. The molecule has 2 heterocycles. The second-order valence-corrected chi connectivity index (χ2v) is 5.15. The number of nitrogens with zero attached hydrogens (tertiary/aromatic N) is 2. The molecule has 1 aliphatic rings. The molecule has 3 rings (SSSR count). The number of benzene rings is 1. The van der Waals surface area contributed by atoms with Gasteiger partial charge in [-0.25, -0.2) is 9.37 Å². The third kappa shape index (κ3) is 2.45. The second kappa shape index (κ2) is 5.11. The Morgan fingerprint density at radius 2 is 2.20 bits per heavy atom. The summed E-state index contributed by atoms with van der Waals surface area (Å²) in [5.74, 6) is 0.258. The normalized spacial score (nSPS) is 16.6. The van der Waals surface area contributed by atoms with Crippen molar-refractivity contribution in [3.63, 3.8) is 0 Å². The first-order valence-corrected chi connectivity index (χ1v) is 6.84. The first-order chi connectivity index (χ1) is 9.63. The molecule has 5 nitrogen and oxygen atoms in total. The van der Waals surface area contributed by atoms with E-state index in [1.807, 2.05) is 11.8 Å². The van der Waals surface area contributed by atoms with Crippen molar-refractivity contribution in [2.45, 2.75) is 25.8 Å². The van der Waals surface area contributed by atoms with Gasteiger partial charge < -0.3 is 15.2 Å². The molecule has 0 aliphatic carbocycles. The topological polar surface area (TPSA) is 61.0 Å². The van der Waals surface area contributed by atoms with E-state index in [4.69, 9.17) is 0 Å². The molecule has 2 N–H and O–H groups in total. The fraction of sp³-hybridized carbons (Fsp3) is 0.429. The Bertz CT molecular complexity index is 633. The number of fused-ring (bicyclic) bond motifs is 1. The molecule has 20 heavy (non-hydrogen) atoms. The summed E-state index contributed by atoms with van der Waals surface area (Å²) in [6.45, 7) is 3.47. The maximum atomic E-state index is 13.1. The maximum Gasteiger partial charge on any atom is 0.244 e. The maximum absolute atomic E-state index is 13.1. The van der Waals surface area contributed by atoms with Crippen LogP contribution in [0.1, 0.15) is 19.8 Å². The molecule has 1 unspecified atom stereocenters. The number of imidazole rings is 1. The van der Waals surface area contributed by atoms with Crippen molar-refractivity contribution in [2.24, 2.45) is 0 Å². The number of likely N-dealkylation sites (tertiary alicyclic amines) is 1. The van der Waals surface area contributed by atoms with Crippen molar-refractivity contribution in [3.8, 4) is 0 Å². The van der Waals surface area contributed by atoms with Crippen LogP contribution in [0.3, 0.4) is 0 Å². The summed E-state index contributed by atoms with van der Waals surface area (Å²) in [5, 5.41) is 3.05. The molecule has 1 atom stereocenters. The van der Waals surface area contributed by atoms with Crippen LogP contribution in [-0.4, -0.2) is 39.9 Å². The third-order valence-corrected chi connectivity index (χ3v) is 3.59. The van der Waals surface area contributed by atoms with Gasteiger partial charge in [-0.3, -0.25) is 4.79 Å². The summed E-state index contributed by atoms with van der Waals surface area (Å²) in [7, 11) is 0. The van der Waals surface area contributed by atoms with E-state index in [0.29, 0.717) is 17.0 Å².